The van der Waals surface area contributed by atoms with Crippen LogP contribution in [0.3, 0.4) is 0 Å². The van der Waals surface area contributed by atoms with Gasteiger partial charge in [0, 0.05) is 12.2 Å². The number of fused-ring (bicyclic) bond motifs is 1. The largest absolute Gasteiger partial charge is 0.478 e. The van der Waals surface area contributed by atoms with Crippen LogP contribution < -0.4 is 10.1 Å². The zero-order chi connectivity index (χ0) is 18.8. The number of hydrogen-bond acceptors (Lipinski definition) is 8. The summed E-state index contributed by atoms with van der Waals surface area (Å²) in [5.74, 6) is 0.387. The number of nitrogens with zero attached hydrogens (tertiary/aromatic N) is 5. The second-order valence-corrected chi connectivity index (χ2v) is 6.32. The number of esters is 1. The van der Waals surface area contributed by atoms with Crippen LogP contribution in [0, 0.1) is 6.92 Å². The molecule has 3 aromatic heterocycles. The van der Waals surface area contributed by atoms with E-state index in [1.165, 1.54) is 6.33 Å². The first kappa shape index (κ1) is 17.4. The van der Waals surface area contributed by atoms with Crippen LogP contribution in [-0.4, -0.2) is 54.9 Å². The third kappa shape index (κ3) is 3.23. The Morgan fingerprint density at radius 3 is 3.11 bits per heavy atom. The fraction of sp³-hybridized carbons (Fsp3) is 0.471. The molecule has 0 radical (unpaired) electrons. The van der Waals surface area contributed by atoms with Crippen LogP contribution in [0.25, 0.3) is 5.78 Å². The minimum absolute atomic E-state index is 0.0594. The molecule has 142 valence electrons. The normalized spacial score (nSPS) is 17.9. The number of H-pyrrole nitrogens is 1. The average molecular weight is 371 g/mol. The predicted molar refractivity (Wildman–Crippen MR) is 94.5 cm³/mol. The van der Waals surface area contributed by atoms with Crippen molar-refractivity contribution in [3.8, 4) is 5.75 Å². The molecule has 1 saturated heterocycles. The summed E-state index contributed by atoms with van der Waals surface area (Å²) in [6.07, 6.45) is 4.72. The van der Waals surface area contributed by atoms with Crippen LogP contribution in [-0.2, 0) is 4.74 Å². The summed E-state index contributed by atoms with van der Waals surface area (Å²) in [6.45, 7) is 4.72. The van der Waals surface area contributed by atoms with E-state index in [9.17, 15) is 4.79 Å². The van der Waals surface area contributed by atoms with Crippen LogP contribution in [0.1, 0.15) is 47.7 Å². The minimum atomic E-state index is -0.494. The summed E-state index contributed by atoms with van der Waals surface area (Å²) in [5, 5.41) is 14.6. The molecule has 3 aromatic rings. The van der Waals surface area contributed by atoms with Crippen molar-refractivity contribution in [2.45, 2.75) is 38.8 Å². The van der Waals surface area contributed by atoms with E-state index in [2.05, 4.69) is 30.6 Å². The maximum Gasteiger partial charge on any atom is 0.360 e. The number of aromatic amines is 1. The fourth-order valence-corrected chi connectivity index (χ4v) is 3.33. The van der Waals surface area contributed by atoms with Gasteiger partial charge in [-0.25, -0.2) is 9.78 Å². The highest BCUT2D eigenvalue weighted by atomic mass is 16.5. The Bertz CT molecular complexity index is 945. The highest BCUT2D eigenvalue weighted by molar-refractivity contribution is 5.90. The average Bonchev–Trinajstić information content (AvgIpc) is 3.41. The van der Waals surface area contributed by atoms with E-state index in [4.69, 9.17) is 9.47 Å². The lowest BCUT2D eigenvalue weighted by atomic mass is 10.1. The highest BCUT2D eigenvalue weighted by Crippen LogP contribution is 2.32. The van der Waals surface area contributed by atoms with E-state index in [1.54, 1.807) is 24.6 Å². The van der Waals surface area contributed by atoms with E-state index >= 15 is 0 Å². The first-order valence-corrected chi connectivity index (χ1v) is 8.95. The van der Waals surface area contributed by atoms with E-state index in [1.807, 2.05) is 6.07 Å². The van der Waals surface area contributed by atoms with Crippen molar-refractivity contribution in [2.24, 2.45) is 0 Å². The van der Waals surface area contributed by atoms with E-state index < -0.39 is 12.1 Å². The van der Waals surface area contributed by atoms with Gasteiger partial charge in [0.05, 0.1) is 12.3 Å². The van der Waals surface area contributed by atoms with Crippen LogP contribution in [0.2, 0.25) is 0 Å². The summed E-state index contributed by atoms with van der Waals surface area (Å²) < 4.78 is 13.1. The lowest BCUT2D eigenvalue weighted by molar-refractivity contribution is 0.0509. The summed E-state index contributed by atoms with van der Waals surface area (Å²) in [4.78, 5) is 20.6. The SMILES string of the molecule is CCOC(=O)c1[nH]nc(C)c1O[C@@H](c1ccnc2ncnn12)C1CCCN1. The van der Waals surface area contributed by atoms with Crippen molar-refractivity contribution < 1.29 is 14.3 Å². The molecule has 0 bridgehead atoms. The van der Waals surface area contributed by atoms with Gasteiger partial charge in [-0.1, -0.05) is 0 Å². The first-order chi connectivity index (χ1) is 13.2. The molecule has 4 rings (SSSR count). The molecule has 2 atom stereocenters. The Morgan fingerprint density at radius 1 is 1.44 bits per heavy atom. The topological polar surface area (TPSA) is 119 Å². The van der Waals surface area contributed by atoms with Gasteiger partial charge in [-0.05, 0) is 39.3 Å². The van der Waals surface area contributed by atoms with Gasteiger partial charge in [0.1, 0.15) is 12.0 Å². The number of carbonyl (C=O) groups excluding carboxylic acids is 1. The standard InChI is InChI=1S/C17H21N7O3/c1-3-26-16(25)13-14(10(2)22-23-13)27-15(11-5-4-7-18-11)12-6-8-19-17-20-9-21-24(12)17/h6,8-9,11,15,18H,3-5,7H2,1-2H3,(H,22,23)/t11?,15-/m1/s1. The molecule has 27 heavy (non-hydrogen) atoms. The second kappa shape index (κ2) is 7.31. The zero-order valence-electron chi connectivity index (χ0n) is 15.2. The van der Waals surface area contributed by atoms with Crippen molar-refractivity contribution in [1.82, 2.24) is 35.1 Å². The Morgan fingerprint density at radius 2 is 2.33 bits per heavy atom. The minimum Gasteiger partial charge on any atom is -0.478 e. The molecule has 1 aliphatic rings. The third-order valence-corrected chi connectivity index (χ3v) is 4.58. The van der Waals surface area contributed by atoms with Crippen molar-refractivity contribution in [2.75, 3.05) is 13.2 Å². The van der Waals surface area contributed by atoms with Crippen LogP contribution in [0.4, 0.5) is 0 Å². The monoisotopic (exact) mass is 371 g/mol. The molecule has 0 aliphatic carbocycles. The van der Waals surface area contributed by atoms with Crippen LogP contribution >= 0.6 is 0 Å². The lowest BCUT2D eigenvalue weighted by Gasteiger charge is -2.25. The van der Waals surface area contributed by atoms with Crippen molar-refractivity contribution in [3.63, 3.8) is 0 Å². The molecule has 2 N–H and O–H groups in total. The maximum atomic E-state index is 12.3. The lowest BCUT2D eigenvalue weighted by Crippen LogP contribution is -2.34. The zero-order valence-corrected chi connectivity index (χ0v) is 15.2. The van der Waals surface area contributed by atoms with Gasteiger partial charge in [-0.15, -0.1) is 0 Å². The van der Waals surface area contributed by atoms with E-state index in [0.717, 1.165) is 25.1 Å². The van der Waals surface area contributed by atoms with Gasteiger partial charge in [0.2, 0.25) is 0 Å². The Kier molecular flexibility index (Phi) is 4.71. The summed E-state index contributed by atoms with van der Waals surface area (Å²) in [5.41, 5.74) is 1.60. The molecular formula is C17H21N7O3. The second-order valence-electron chi connectivity index (χ2n) is 6.32. The quantitative estimate of drug-likeness (QED) is 0.621. The van der Waals surface area contributed by atoms with Gasteiger partial charge >= 0.3 is 5.97 Å². The summed E-state index contributed by atoms with van der Waals surface area (Å²) >= 11 is 0. The van der Waals surface area contributed by atoms with E-state index in [0.29, 0.717) is 17.2 Å². The number of carbonyl (C=O) groups is 1. The Balaban J connectivity index is 1.74. The number of nitrogens with one attached hydrogen (secondary N) is 2. The third-order valence-electron chi connectivity index (χ3n) is 4.58. The number of ether oxygens (including phenoxy) is 2. The molecule has 10 heteroatoms. The summed E-state index contributed by atoms with van der Waals surface area (Å²) in [6, 6.07) is 1.91. The molecule has 0 saturated carbocycles. The molecule has 10 nitrogen and oxygen atoms in total. The van der Waals surface area contributed by atoms with Crippen molar-refractivity contribution in [3.05, 3.63) is 35.7 Å². The smallest absolute Gasteiger partial charge is 0.360 e. The Hall–Kier alpha value is -3.01. The molecule has 4 heterocycles. The van der Waals surface area contributed by atoms with Crippen molar-refractivity contribution in [1.29, 1.82) is 0 Å². The van der Waals surface area contributed by atoms with Gasteiger partial charge in [-0.2, -0.15) is 19.7 Å². The molecule has 0 aromatic carbocycles. The van der Waals surface area contributed by atoms with Gasteiger partial charge in [0.25, 0.3) is 5.78 Å². The van der Waals surface area contributed by atoms with Crippen LogP contribution in [0.5, 0.6) is 5.75 Å². The van der Waals surface area contributed by atoms with Crippen molar-refractivity contribution >= 4 is 11.7 Å². The molecule has 1 unspecified atom stereocenters. The van der Waals surface area contributed by atoms with Crippen LogP contribution in [0.15, 0.2) is 18.6 Å². The number of hydrogen-bond donors (Lipinski definition) is 2. The molecule has 0 spiro atoms. The number of aryl methyl sites for hydroxylation is 1. The summed E-state index contributed by atoms with van der Waals surface area (Å²) in [7, 11) is 0. The number of rotatable bonds is 6. The van der Waals surface area contributed by atoms with Gasteiger partial charge in [0.15, 0.2) is 17.5 Å². The molecular weight excluding hydrogens is 350 g/mol. The molecule has 0 amide bonds. The van der Waals surface area contributed by atoms with E-state index in [-0.39, 0.29) is 18.3 Å². The molecule has 1 fully saturated rings. The number of aromatic nitrogens is 6. The van der Waals surface area contributed by atoms with Gasteiger partial charge in [-0.3, -0.25) is 5.10 Å². The molecule has 1 aliphatic heterocycles. The Labute approximate surface area is 155 Å². The predicted octanol–water partition coefficient (Wildman–Crippen LogP) is 1.20. The fourth-order valence-electron chi connectivity index (χ4n) is 3.33. The van der Waals surface area contributed by atoms with Gasteiger partial charge < -0.3 is 14.8 Å². The maximum absolute atomic E-state index is 12.3. The highest BCUT2D eigenvalue weighted by Gasteiger charge is 2.33. The first-order valence-electron chi connectivity index (χ1n) is 8.95.